The van der Waals surface area contributed by atoms with Crippen LogP contribution < -0.4 is 4.74 Å². The van der Waals surface area contributed by atoms with E-state index in [9.17, 15) is 4.79 Å². The minimum Gasteiger partial charge on any atom is -0.496 e. The lowest BCUT2D eigenvalue weighted by Gasteiger charge is -2.07. The predicted molar refractivity (Wildman–Crippen MR) is 97.8 cm³/mol. The summed E-state index contributed by atoms with van der Waals surface area (Å²) < 4.78 is 11.4. The van der Waals surface area contributed by atoms with Crippen LogP contribution in [0.5, 0.6) is 5.75 Å². The number of methoxy groups -OCH3 is 1. The van der Waals surface area contributed by atoms with Gasteiger partial charge in [0.05, 0.1) is 22.7 Å². The maximum absolute atomic E-state index is 12.1. The minimum absolute atomic E-state index is 0.172. The Kier molecular flexibility index (Phi) is 4.94. The fraction of sp³-hybridized carbons (Fsp3) is 0.0588. The Labute approximate surface area is 156 Å². The zero-order valence-electron chi connectivity index (χ0n) is 12.3. The lowest BCUT2D eigenvalue weighted by Crippen LogP contribution is -2.07. The Morgan fingerprint density at radius 3 is 2.67 bits per heavy atom. The van der Waals surface area contributed by atoms with E-state index in [1.807, 2.05) is 6.07 Å². The molecule has 0 unspecified atom stereocenters. The quantitative estimate of drug-likeness (QED) is 0.506. The molecule has 0 radical (unpaired) electrons. The summed E-state index contributed by atoms with van der Waals surface area (Å²) in [6.07, 6.45) is 1.59. The standard InChI is InChI=1S/C17H10BrCl2NO3/c1-23-15-5-3-10(18)8-11(15)16-21-14(17(22)24-16)7-9-2-4-12(19)13(20)6-9/h2-8H,1H3. The van der Waals surface area contributed by atoms with Crippen molar-refractivity contribution in [3.8, 4) is 5.75 Å². The van der Waals surface area contributed by atoms with Gasteiger partial charge in [0.25, 0.3) is 0 Å². The van der Waals surface area contributed by atoms with Crippen LogP contribution in [0.25, 0.3) is 6.08 Å². The normalized spacial score (nSPS) is 15.4. The van der Waals surface area contributed by atoms with Gasteiger partial charge in [-0.25, -0.2) is 9.79 Å². The molecule has 1 aliphatic heterocycles. The van der Waals surface area contributed by atoms with E-state index in [2.05, 4.69) is 20.9 Å². The summed E-state index contributed by atoms with van der Waals surface area (Å²) in [7, 11) is 1.54. The molecular formula is C17H10BrCl2NO3. The molecule has 1 heterocycles. The molecule has 7 heteroatoms. The second-order valence-corrected chi connectivity index (χ2v) is 6.58. The largest absolute Gasteiger partial charge is 0.496 e. The van der Waals surface area contributed by atoms with Crippen molar-refractivity contribution in [1.29, 1.82) is 0 Å². The zero-order chi connectivity index (χ0) is 17.3. The third-order valence-electron chi connectivity index (χ3n) is 3.26. The van der Waals surface area contributed by atoms with Crippen LogP contribution in [0.15, 0.2) is 51.6 Å². The molecule has 0 fully saturated rings. The van der Waals surface area contributed by atoms with Crippen LogP contribution >= 0.6 is 39.1 Å². The van der Waals surface area contributed by atoms with Crippen LogP contribution in [0, 0.1) is 0 Å². The van der Waals surface area contributed by atoms with E-state index in [4.69, 9.17) is 32.7 Å². The molecule has 0 aromatic heterocycles. The molecule has 122 valence electrons. The molecule has 0 amide bonds. The van der Waals surface area contributed by atoms with E-state index in [-0.39, 0.29) is 11.6 Å². The molecule has 0 N–H and O–H groups in total. The number of cyclic esters (lactones) is 1. The number of ether oxygens (including phenoxy) is 2. The van der Waals surface area contributed by atoms with Crippen molar-refractivity contribution >= 4 is 57.1 Å². The first-order valence-corrected chi connectivity index (χ1v) is 8.34. The van der Waals surface area contributed by atoms with Gasteiger partial charge in [-0.1, -0.05) is 45.2 Å². The number of benzene rings is 2. The smallest absolute Gasteiger partial charge is 0.363 e. The Hall–Kier alpha value is -1.82. The van der Waals surface area contributed by atoms with Gasteiger partial charge in [0.2, 0.25) is 5.90 Å². The van der Waals surface area contributed by atoms with Crippen molar-refractivity contribution in [3.05, 3.63) is 67.7 Å². The summed E-state index contributed by atoms with van der Waals surface area (Å²) >= 11 is 15.2. The molecule has 0 atom stereocenters. The topological polar surface area (TPSA) is 47.9 Å². The molecule has 0 spiro atoms. The molecule has 2 aromatic carbocycles. The minimum atomic E-state index is -0.543. The summed E-state index contributed by atoms with van der Waals surface area (Å²) in [5, 5.41) is 0.839. The second kappa shape index (κ2) is 6.97. The number of nitrogens with zero attached hydrogens (tertiary/aromatic N) is 1. The molecule has 4 nitrogen and oxygen atoms in total. The summed E-state index contributed by atoms with van der Waals surface area (Å²) in [5.74, 6) is 0.197. The van der Waals surface area contributed by atoms with Crippen LogP contribution in [0.2, 0.25) is 10.0 Å². The maximum atomic E-state index is 12.1. The highest BCUT2D eigenvalue weighted by molar-refractivity contribution is 9.10. The Bertz CT molecular complexity index is 893. The van der Waals surface area contributed by atoms with Gasteiger partial charge in [-0.2, -0.15) is 0 Å². The lowest BCUT2D eigenvalue weighted by molar-refractivity contribution is -0.129. The number of carbonyl (C=O) groups excluding carboxylic acids is 1. The Morgan fingerprint density at radius 1 is 1.17 bits per heavy atom. The van der Waals surface area contributed by atoms with Gasteiger partial charge in [0.15, 0.2) is 5.70 Å². The second-order valence-electron chi connectivity index (χ2n) is 4.85. The number of rotatable bonds is 3. The van der Waals surface area contributed by atoms with Crippen LogP contribution in [0.3, 0.4) is 0 Å². The first kappa shape index (κ1) is 17.0. The molecule has 1 aliphatic rings. The van der Waals surface area contributed by atoms with Crippen LogP contribution in [-0.4, -0.2) is 19.0 Å². The first-order valence-electron chi connectivity index (χ1n) is 6.79. The summed E-state index contributed by atoms with van der Waals surface area (Å²) in [6, 6.07) is 10.4. The highest BCUT2D eigenvalue weighted by Crippen LogP contribution is 2.29. The van der Waals surface area contributed by atoms with Crippen molar-refractivity contribution in [2.24, 2.45) is 4.99 Å². The van der Waals surface area contributed by atoms with E-state index < -0.39 is 5.97 Å². The Morgan fingerprint density at radius 2 is 1.96 bits per heavy atom. The van der Waals surface area contributed by atoms with Gasteiger partial charge in [-0.3, -0.25) is 0 Å². The summed E-state index contributed by atoms with van der Waals surface area (Å²) in [4.78, 5) is 16.3. The van der Waals surface area contributed by atoms with E-state index in [1.165, 1.54) is 7.11 Å². The highest BCUT2D eigenvalue weighted by atomic mass is 79.9. The van der Waals surface area contributed by atoms with E-state index in [0.29, 0.717) is 26.9 Å². The third kappa shape index (κ3) is 3.48. The van der Waals surface area contributed by atoms with Crippen LogP contribution in [0.4, 0.5) is 0 Å². The molecule has 0 aliphatic carbocycles. The van der Waals surface area contributed by atoms with Gasteiger partial charge < -0.3 is 9.47 Å². The molecule has 3 rings (SSSR count). The van der Waals surface area contributed by atoms with E-state index in [1.54, 1.807) is 36.4 Å². The van der Waals surface area contributed by atoms with Crippen molar-refractivity contribution in [2.45, 2.75) is 0 Å². The van der Waals surface area contributed by atoms with Gasteiger partial charge in [0.1, 0.15) is 5.75 Å². The summed E-state index contributed by atoms with van der Waals surface area (Å²) in [5.41, 5.74) is 1.45. The van der Waals surface area contributed by atoms with Crippen LogP contribution in [-0.2, 0) is 9.53 Å². The SMILES string of the molecule is COc1ccc(Br)cc1C1=NC(=Cc2ccc(Cl)c(Cl)c2)C(=O)O1. The molecule has 0 bridgehead atoms. The molecule has 24 heavy (non-hydrogen) atoms. The molecule has 0 saturated carbocycles. The number of hydrogen-bond acceptors (Lipinski definition) is 4. The van der Waals surface area contributed by atoms with Crippen molar-refractivity contribution in [2.75, 3.05) is 7.11 Å². The van der Waals surface area contributed by atoms with Crippen molar-refractivity contribution < 1.29 is 14.3 Å². The predicted octanol–water partition coefficient (Wildman–Crippen LogP) is 5.11. The highest BCUT2D eigenvalue weighted by Gasteiger charge is 2.26. The molecular weight excluding hydrogens is 417 g/mol. The number of esters is 1. The van der Waals surface area contributed by atoms with Gasteiger partial charge in [-0.15, -0.1) is 0 Å². The fourth-order valence-electron chi connectivity index (χ4n) is 2.13. The van der Waals surface area contributed by atoms with Crippen molar-refractivity contribution in [1.82, 2.24) is 0 Å². The number of halogens is 3. The van der Waals surface area contributed by atoms with Crippen LogP contribution in [0.1, 0.15) is 11.1 Å². The van der Waals surface area contributed by atoms with Crippen molar-refractivity contribution in [3.63, 3.8) is 0 Å². The lowest BCUT2D eigenvalue weighted by atomic mass is 10.2. The fourth-order valence-corrected chi connectivity index (χ4v) is 2.80. The van der Waals surface area contributed by atoms with E-state index >= 15 is 0 Å². The molecule has 0 saturated heterocycles. The average molecular weight is 427 g/mol. The number of carbonyl (C=O) groups is 1. The van der Waals surface area contributed by atoms with Gasteiger partial charge >= 0.3 is 5.97 Å². The first-order chi connectivity index (χ1) is 11.5. The monoisotopic (exact) mass is 425 g/mol. The number of hydrogen-bond donors (Lipinski definition) is 0. The average Bonchev–Trinajstić information content (AvgIpc) is 2.92. The zero-order valence-corrected chi connectivity index (χ0v) is 15.4. The van der Waals surface area contributed by atoms with Gasteiger partial charge in [0, 0.05) is 4.47 Å². The molecule has 2 aromatic rings. The Balaban J connectivity index is 2.00. The van der Waals surface area contributed by atoms with E-state index in [0.717, 1.165) is 4.47 Å². The van der Waals surface area contributed by atoms with Gasteiger partial charge in [-0.05, 0) is 42.0 Å². The number of aliphatic imine (C=N–C) groups is 1. The third-order valence-corrected chi connectivity index (χ3v) is 4.49. The maximum Gasteiger partial charge on any atom is 0.363 e. The summed E-state index contributed by atoms with van der Waals surface area (Å²) in [6.45, 7) is 0.